The first-order valence-corrected chi connectivity index (χ1v) is 14.0. The molecule has 1 aliphatic heterocycles. The monoisotopic (exact) mass is 518 g/mol. The third-order valence-corrected chi connectivity index (χ3v) is 9.08. The van der Waals surface area contributed by atoms with E-state index >= 15 is 0 Å². The van der Waals surface area contributed by atoms with Gasteiger partial charge in [-0.1, -0.05) is 12.8 Å². The van der Waals surface area contributed by atoms with E-state index in [4.69, 9.17) is 9.72 Å². The van der Waals surface area contributed by atoms with Crippen molar-refractivity contribution in [1.82, 2.24) is 33.2 Å². The van der Waals surface area contributed by atoms with Gasteiger partial charge in [-0.2, -0.15) is 14.4 Å². The van der Waals surface area contributed by atoms with Crippen LogP contribution >= 0.6 is 0 Å². The lowest BCUT2D eigenvalue weighted by atomic mass is 10.1. The predicted octanol–water partition coefficient (Wildman–Crippen LogP) is 1.74. The number of aromatic nitrogens is 6. The topological polar surface area (TPSA) is 129 Å². The van der Waals surface area contributed by atoms with Crippen LogP contribution in [0.5, 0.6) is 0 Å². The molecule has 3 aromatic rings. The van der Waals surface area contributed by atoms with E-state index < -0.39 is 10.0 Å². The number of rotatable bonds is 9. The van der Waals surface area contributed by atoms with Crippen LogP contribution in [0.25, 0.3) is 11.2 Å². The lowest BCUT2D eigenvalue weighted by Gasteiger charge is -2.31. The van der Waals surface area contributed by atoms with Gasteiger partial charge >= 0.3 is 5.69 Å². The molecule has 0 radical (unpaired) electrons. The molecule has 2 aliphatic rings. The van der Waals surface area contributed by atoms with E-state index in [0.29, 0.717) is 50.7 Å². The number of sulfonamides is 1. The standard InChI is InChI=1S/C23H34N8O4S/c1-28-16-19(14-25-28)36(33,34)29-11-8-17(9-12-29)26-22-24-15-20-21(27-22)31(18-6-3-4-7-18)23(32)30(20)10-5-13-35-2/h14-18H,3-13H2,1-2H3,(H,24,26,27). The van der Waals surface area contributed by atoms with Gasteiger partial charge in [-0.3, -0.25) is 13.8 Å². The van der Waals surface area contributed by atoms with Crippen molar-refractivity contribution in [2.24, 2.45) is 7.05 Å². The maximum Gasteiger partial charge on any atom is 0.330 e. The Morgan fingerprint density at radius 3 is 2.56 bits per heavy atom. The molecule has 0 aromatic carbocycles. The summed E-state index contributed by atoms with van der Waals surface area (Å²) in [6.07, 6.45) is 10.8. The Labute approximate surface area is 210 Å². The molecule has 0 atom stereocenters. The zero-order chi connectivity index (χ0) is 25.3. The number of anilines is 1. The summed E-state index contributed by atoms with van der Waals surface area (Å²) in [5.74, 6) is 0.469. The molecular formula is C23H34N8O4S. The number of piperidine rings is 1. The van der Waals surface area contributed by atoms with E-state index in [1.165, 1.54) is 21.4 Å². The number of imidazole rings is 1. The van der Waals surface area contributed by atoms with E-state index in [0.717, 1.165) is 37.6 Å². The van der Waals surface area contributed by atoms with Crippen LogP contribution in [0.1, 0.15) is 51.0 Å². The fraction of sp³-hybridized carbons (Fsp3) is 0.652. The van der Waals surface area contributed by atoms with Crippen molar-refractivity contribution < 1.29 is 13.2 Å². The summed E-state index contributed by atoms with van der Waals surface area (Å²) in [6, 6.07) is 0.200. The number of methoxy groups -OCH3 is 1. The average Bonchev–Trinajstić information content (AvgIpc) is 3.60. The quantitative estimate of drug-likeness (QED) is 0.424. The van der Waals surface area contributed by atoms with Gasteiger partial charge in [-0.05, 0) is 32.1 Å². The molecular weight excluding hydrogens is 484 g/mol. The second-order valence-electron chi connectivity index (χ2n) is 9.66. The van der Waals surface area contributed by atoms with Gasteiger partial charge in [0.05, 0.1) is 12.4 Å². The molecule has 1 N–H and O–H groups in total. The Hall–Kier alpha value is -2.77. The predicted molar refractivity (Wildman–Crippen MR) is 134 cm³/mol. The summed E-state index contributed by atoms with van der Waals surface area (Å²) in [6.45, 7) is 1.95. The van der Waals surface area contributed by atoms with Crippen LogP contribution in [-0.2, 0) is 28.4 Å². The minimum Gasteiger partial charge on any atom is -0.385 e. The first-order chi connectivity index (χ1) is 17.4. The van der Waals surface area contributed by atoms with E-state index in [1.54, 1.807) is 24.9 Å². The van der Waals surface area contributed by atoms with E-state index in [1.807, 2.05) is 4.57 Å². The molecule has 0 bridgehead atoms. The number of ether oxygens (including phenoxy) is 1. The third kappa shape index (κ3) is 4.78. The molecule has 2 fully saturated rings. The summed E-state index contributed by atoms with van der Waals surface area (Å²) >= 11 is 0. The highest BCUT2D eigenvalue weighted by molar-refractivity contribution is 7.89. The van der Waals surface area contributed by atoms with Crippen molar-refractivity contribution >= 4 is 27.1 Å². The largest absolute Gasteiger partial charge is 0.385 e. The maximum atomic E-state index is 13.3. The van der Waals surface area contributed by atoms with E-state index in [9.17, 15) is 13.2 Å². The van der Waals surface area contributed by atoms with Crippen LogP contribution in [0.15, 0.2) is 28.3 Å². The highest BCUT2D eigenvalue weighted by Gasteiger charge is 2.31. The van der Waals surface area contributed by atoms with Crippen molar-refractivity contribution in [1.29, 1.82) is 0 Å². The number of hydrogen-bond donors (Lipinski definition) is 1. The first-order valence-electron chi connectivity index (χ1n) is 12.6. The zero-order valence-electron chi connectivity index (χ0n) is 20.8. The molecule has 3 aromatic heterocycles. The lowest BCUT2D eigenvalue weighted by Crippen LogP contribution is -2.42. The maximum absolute atomic E-state index is 13.3. The fourth-order valence-electron chi connectivity index (χ4n) is 5.31. The Morgan fingerprint density at radius 1 is 1.14 bits per heavy atom. The van der Waals surface area contributed by atoms with E-state index in [2.05, 4.69) is 15.4 Å². The summed E-state index contributed by atoms with van der Waals surface area (Å²) in [4.78, 5) is 22.9. The number of nitrogens with zero attached hydrogens (tertiary/aromatic N) is 7. The van der Waals surface area contributed by atoms with Crippen molar-refractivity contribution in [3.63, 3.8) is 0 Å². The molecule has 4 heterocycles. The smallest absolute Gasteiger partial charge is 0.330 e. The Kier molecular flexibility index (Phi) is 7.13. The summed E-state index contributed by atoms with van der Waals surface area (Å²) in [7, 11) is -0.194. The minimum absolute atomic E-state index is 0.0339. The van der Waals surface area contributed by atoms with Crippen LogP contribution in [0.4, 0.5) is 5.95 Å². The molecule has 0 unspecified atom stereocenters. The second kappa shape index (κ2) is 10.3. The lowest BCUT2D eigenvalue weighted by molar-refractivity contribution is 0.190. The van der Waals surface area contributed by atoms with Crippen molar-refractivity contribution in [3.8, 4) is 0 Å². The van der Waals surface area contributed by atoms with Crippen molar-refractivity contribution in [2.75, 3.05) is 32.1 Å². The molecule has 0 spiro atoms. The molecule has 13 heteroatoms. The molecule has 196 valence electrons. The number of nitrogens with one attached hydrogen (secondary N) is 1. The van der Waals surface area contributed by atoms with Gasteiger partial charge in [0, 0.05) is 58.7 Å². The SMILES string of the molecule is COCCCn1c(=O)n(C2CCCC2)c2nc(NC3CCN(S(=O)(=O)c4cnn(C)c4)CC3)ncc21. The van der Waals surface area contributed by atoms with Gasteiger partial charge in [-0.15, -0.1) is 0 Å². The summed E-state index contributed by atoms with van der Waals surface area (Å²) < 4.78 is 37.6. The molecule has 1 aliphatic carbocycles. The molecule has 1 saturated carbocycles. The highest BCUT2D eigenvalue weighted by atomic mass is 32.2. The number of aryl methyl sites for hydroxylation is 2. The second-order valence-corrected chi connectivity index (χ2v) is 11.6. The summed E-state index contributed by atoms with van der Waals surface area (Å²) in [5, 5.41) is 7.37. The van der Waals surface area contributed by atoms with E-state index in [-0.39, 0.29) is 22.7 Å². The Morgan fingerprint density at radius 2 is 1.89 bits per heavy atom. The normalized spacial score (nSPS) is 18.4. The zero-order valence-corrected chi connectivity index (χ0v) is 21.7. The van der Waals surface area contributed by atoms with Crippen molar-refractivity contribution in [2.45, 2.75) is 68.5 Å². The van der Waals surface area contributed by atoms with Gasteiger partial charge < -0.3 is 10.1 Å². The van der Waals surface area contributed by atoms with Crippen LogP contribution in [0.3, 0.4) is 0 Å². The Balaban J connectivity index is 1.33. The van der Waals surface area contributed by atoms with Gasteiger partial charge in [-0.25, -0.2) is 18.2 Å². The fourth-order valence-corrected chi connectivity index (χ4v) is 6.76. The molecule has 5 rings (SSSR count). The first kappa shape index (κ1) is 24.9. The van der Waals surface area contributed by atoms with Gasteiger partial charge in [0.1, 0.15) is 10.4 Å². The molecule has 0 amide bonds. The van der Waals surface area contributed by atoms with Crippen LogP contribution in [0.2, 0.25) is 0 Å². The number of hydrogen-bond acceptors (Lipinski definition) is 8. The molecule has 36 heavy (non-hydrogen) atoms. The minimum atomic E-state index is -3.55. The van der Waals surface area contributed by atoms with Crippen LogP contribution in [-0.4, -0.2) is 74.5 Å². The number of fused-ring (bicyclic) bond motifs is 1. The average molecular weight is 519 g/mol. The Bertz CT molecular complexity index is 1360. The van der Waals surface area contributed by atoms with Gasteiger partial charge in [0.25, 0.3) is 0 Å². The summed E-state index contributed by atoms with van der Waals surface area (Å²) in [5.41, 5.74) is 1.37. The van der Waals surface area contributed by atoms with Crippen molar-refractivity contribution in [3.05, 3.63) is 29.1 Å². The van der Waals surface area contributed by atoms with Crippen LogP contribution < -0.4 is 11.0 Å². The molecule has 12 nitrogen and oxygen atoms in total. The third-order valence-electron chi connectivity index (χ3n) is 7.23. The van der Waals surface area contributed by atoms with Gasteiger partial charge in [0.15, 0.2) is 5.65 Å². The van der Waals surface area contributed by atoms with Crippen LogP contribution in [0, 0.1) is 0 Å². The highest BCUT2D eigenvalue weighted by Crippen LogP contribution is 2.31. The van der Waals surface area contributed by atoms with Gasteiger partial charge in [0.2, 0.25) is 16.0 Å². The molecule has 1 saturated heterocycles.